The van der Waals surface area contributed by atoms with Gasteiger partial charge in [-0.3, -0.25) is 4.90 Å². The Morgan fingerprint density at radius 2 is 2.00 bits per heavy atom. The Kier molecular flexibility index (Phi) is 5.12. The van der Waals surface area contributed by atoms with Gasteiger partial charge in [0.1, 0.15) is 12.0 Å². The molecule has 0 aliphatic carbocycles. The van der Waals surface area contributed by atoms with Crippen LogP contribution < -0.4 is 20.1 Å². The average molecular weight is 395 g/mol. The van der Waals surface area contributed by atoms with Crippen molar-refractivity contribution < 1.29 is 18.7 Å². The number of nitrogens with one attached hydrogen (secondary N) is 2. The van der Waals surface area contributed by atoms with Crippen LogP contribution >= 0.6 is 0 Å². The maximum atomic E-state index is 13.5. The zero-order valence-corrected chi connectivity index (χ0v) is 16.2. The molecule has 7 heteroatoms. The Hall–Kier alpha value is -3.48. The summed E-state index contributed by atoms with van der Waals surface area (Å²) in [5, 5.41) is 6.03. The summed E-state index contributed by atoms with van der Waals surface area (Å²) >= 11 is 0. The lowest BCUT2D eigenvalue weighted by molar-refractivity contribution is 0.205. The van der Waals surface area contributed by atoms with Crippen LogP contribution in [0.15, 0.2) is 66.4 Å². The van der Waals surface area contributed by atoms with Gasteiger partial charge in [0, 0.05) is 18.2 Å². The third-order valence-corrected chi connectivity index (χ3v) is 5.19. The predicted octanol–water partition coefficient (Wildman–Crippen LogP) is 3.84. The first-order valence-corrected chi connectivity index (χ1v) is 9.28. The highest BCUT2D eigenvalue weighted by Crippen LogP contribution is 2.40. The van der Waals surface area contributed by atoms with Gasteiger partial charge in [-0.1, -0.05) is 18.2 Å². The molecule has 2 amide bonds. The first-order valence-electron chi connectivity index (χ1n) is 9.28. The van der Waals surface area contributed by atoms with Crippen LogP contribution in [0, 0.1) is 5.82 Å². The number of nitrogens with zero attached hydrogens (tertiary/aromatic N) is 1. The molecule has 0 radical (unpaired) electrons. The maximum Gasteiger partial charge on any atom is 0.323 e. The molecule has 1 fully saturated rings. The minimum absolute atomic E-state index is 0.00415. The number of allylic oxidation sites excluding steroid dienone is 2. The number of carbonyl (C=O) groups is 1. The predicted molar refractivity (Wildman–Crippen MR) is 109 cm³/mol. The summed E-state index contributed by atoms with van der Waals surface area (Å²) in [4.78, 5) is 14.6. The van der Waals surface area contributed by atoms with E-state index in [1.807, 2.05) is 36.6 Å². The number of halogens is 1. The second-order valence-corrected chi connectivity index (χ2v) is 6.85. The van der Waals surface area contributed by atoms with Gasteiger partial charge >= 0.3 is 6.03 Å². The van der Waals surface area contributed by atoms with E-state index < -0.39 is 5.82 Å². The number of anilines is 1. The summed E-state index contributed by atoms with van der Waals surface area (Å²) in [7, 11) is 3.20. The van der Waals surface area contributed by atoms with Crippen molar-refractivity contribution in [1.29, 1.82) is 0 Å². The van der Waals surface area contributed by atoms with Crippen molar-refractivity contribution in [2.45, 2.75) is 12.1 Å². The third kappa shape index (κ3) is 3.63. The lowest BCUT2D eigenvalue weighted by Gasteiger charge is -2.27. The summed E-state index contributed by atoms with van der Waals surface area (Å²) in [5.41, 5.74) is 2.52. The number of dihydropyridines is 1. The molecule has 2 aromatic rings. The number of carbonyl (C=O) groups excluding carboxylic acids is 1. The number of hydrogen-bond donors (Lipinski definition) is 2. The number of likely N-dealkylation sites (tertiary alicyclic amines) is 1. The van der Waals surface area contributed by atoms with Crippen molar-refractivity contribution in [3.63, 3.8) is 0 Å². The number of urea groups is 1. The van der Waals surface area contributed by atoms with Crippen LogP contribution in [0.3, 0.4) is 0 Å². The molecule has 1 saturated heterocycles. The molecular weight excluding hydrogens is 373 g/mol. The Balaban J connectivity index is 1.61. The molecule has 2 aromatic carbocycles. The molecule has 2 heterocycles. The first kappa shape index (κ1) is 18.9. The molecule has 4 rings (SSSR count). The van der Waals surface area contributed by atoms with Crippen LogP contribution in [0.5, 0.6) is 11.5 Å². The molecule has 2 unspecified atom stereocenters. The number of ether oxygens (including phenoxy) is 2. The van der Waals surface area contributed by atoms with Crippen molar-refractivity contribution in [2.75, 3.05) is 26.1 Å². The number of amides is 2. The fourth-order valence-corrected chi connectivity index (χ4v) is 3.81. The molecule has 2 atom stereocenters. The fourth-order valence-electron chi connectivity index (χ4n) is 3.81. The number of rotatable bonds is 4. The van der Waals surface area contributed by atoms with Crippen molar-refractivity contribution in [3.8, 4) is 11.5 Å². The highest BCUT2D eigenvalue weighted by Gasteiger charge is 2.40. The SMILES string of the molecule is COc1ccc(C2CN(C(=O)Nc3cccc(F)c3)C3NC=CC=C23)cc1OC. The number of fused-ring (bicyclic) bond motifs is 1. The molecule has 2 aliphatic rings. The van der Waals surface area contributed by atoms with Gasteiger partial charge in [0.2, 0.25) is 0 Å². The average Bonchev–Trinajstić information content (AvgIpc) is 3.13. The third-order valence-electron chi connectivity index (χ3n) is 5.19. The van der Waals surface area contributed by atoms with Gasteiger partial charge < -0.3 is 20.1 Å². The summed E-state index contributed by atoms with van der Waals surface area (Å²) in [6, 6.07) is 11.4. The van der Waals surface area contributed by atoms with Crippen LogP contribution in [0.1, 0.15) is 11.5 Å². The van der Waals surface area contributed by atoms with E-state index in [1.54, 1.807) is 31.3 Å². The van der Waals surface area contributed by atoms with Gasteiger partial charge in [-0.25, -0.2) is 9.18 Å². The summed E-state index contributed by atoms with van der Waals surface area (Å²) in [5.74, 6) is 0.897. The molecule has 6 nitrogen and oxygen atoms in total. The first-order chi connectivity index (χ1) is 14.1. The Morgan fingerprint density at radius 3 is 2.76 bits per heavy atom. The zero-order valence-electron chi connectivity index (χ0n) is 16.2. The van der Waals surface area contributed by atoms with Gasteiger partial charge in [0.05, 0.1) is 14.2 Å². The molecule has 2 N–H and O–H groups in total. The minimum Gasteiger partial charge on any atom is -0.493 e. The molecule has 0 bridgehead atoms. The second-order valence-electron chi connectivity index (χ2n) is 6.85. The molecule has 0 spiro atoms. The summed E-state index contributed by atoms with van der Waals surface area (Å²) in [6.45, 7) is 0.474. The normalized spacial score (nSPS) is 19.8. The number of hydrogen-bond acceptors (Lipinski definition) is 4. The number of methoxy groups -OCH3 is 2. The van der Waals surface area contributed by atoms with E-state index in [2.05, 4.69) is 10.6 Å². The van der Waals surface area contributed by atoms with Gasteiger partial charge in [0.15, 0.2) is 11.5 Å². The molecule has 29 heavy (non-hydrogen) atoms. The van der Waals surface area contributed by atoms with Crippen LogP contribution in [0.2, 0.25) is 0 Å². The summed E-state index contributed by atoms with van der Waals surface area (Å²) in [6.07, 6.45) is 5.49. The number of benzene rings is 2. The zero-order chi connectivity index (χ0) is 20.4. The lowest BCUT2D eigenvalue weighted by Crippen LogP contribution is -2.45. The largest absolute Gasteiger partial charge is 0.493 e. The van der Waals surface area contributed by atoms with Gasteiger partial charge in [-0.15, -0.1) is 0 Å². The van der Waals surface area contributed by atoms with E-state index in [4.69, 9.17) is 9.47 Å². The molecule has 2 aliphatic heterocycles. The van der Waals surface area contributed by atoms with E-state index in [0.29, 0.717) is 23.7 Å². The highest BCUT2D eigenvalue weighted by atomic mass is 19.1. The Labute approximate surface area is 168 Å². The van der Waals surface area contributed by atoms with Crippen molar-refractivity contribution in [1.82, 2.24) is 10.2 Å². The lowest BCUT2D eigenvalue weighted by atomic mass is 9.91. The van der Waals surface area contributed by atoms with E-state index >= 15 is 0 Å². The molecule has 150 valence electrons. The van der Waals surface area contributed by atoms with Crippen LogP contribution in [0.25, 0.3) is 0 Å². The molecule has 0 aromatic heterocycles. The van der Waals surface area contributed by atoms with Crippen molar-refractivity contribution in [2.24, 2.45) is 0 Å². The van der Waals surface area contributed by atoms with Crippen LogP contribution in [0.4, 0.5) is 14.9 Å². The van der Waals surface area contributed by atoms with Gasteiger partial charge in [-0.2, -0.15) is 0 Å². The smallest absolute Gasteiger partial charge is 0.323 e. The van der Waals surface area contributed by atoms with Crippen LogP contribution in [-0.2, 0) is 0 Å². The fraction of sp³-hybridized carbons (Fsp3) is 0.227. The molecular formula is C22H22FN3O3. The van der Waals surface area contributed by atoms with E-state index in [1.165, 1.54) is 12.1 Å². The van der Waals surface area contributed by atoms with Gasteiger partial charge in [-0.05, 0) is 53.7 Å². The van der Waals surface area contributed by atoms with Crippen molar-refractivity contribution >= 4 is 11.7 Å². The van der Waals surface area contributed by atoms with Gasteiger partial charge in [0.25, 0.3) is 0 Å². The summed E-state index contributed by atoms with van der Waals surface area (Å²) < 4.78 is 24.2. The molecule has 0 saturated carbocycles. The Morgan fingerprint density at radius 1 is 1.17 bits per heavy atom. The van der Waals surface area contributed by atoms with Crippen molar-refractivity contribution in [3.05, 3.63) is 77.8 Å². The van der Waals surface area contributed by atoms with E-state index in [-0.39, 0.29) is 18.1 Å². The van der Waals surface area contributed by atoms with Crippen LogP contribution in [-0.4, -0.2) is 37.9 Å². The minimum atomic E-state index is -0.397. The highest BCUT2D eigenvalue weighted by molar-refractivity contribution is 5.90. The second kappa shape index (κ2) is 7.87. The monoisotopic (exact) mass is 395 g/mol. The van der Waals surface area contributed by atoms with E-state index in [9.17, 15) is 9.18 Å². The topological polar surface area (TPSA) is 62.8 Å². The standard InChI is InChI=1S/C22H22FN3O3/c1-28-19-9-8-14(11-20(19)29-2)18-13-26(21-17(18)7-4-10-24-21)22(27)25-16-6-3-5-15(23)12-16/h3-12,18,21,24H,13H2,1-2H3,(H,25,27). The maximum absolute atomic E-state index is 13.5. The Bertz CT molecular complexity index is 989. The quantitative estimate of drug-likeness (QED) is 0.826. The van der Waals surface area contributed by atoms with E-state index in [0.717, 1.165) is 11.1 Å².